The molecule has 1 atom stereocenters. The summed E-state index contributed by atoms with van der Waals surface area (Å²) in [5, 5.41) is 11.6. The van der Waals surface area contributed by atoms with Crippen molar-refractivity contribution in [3.63, 3.8) is 0 Å². The van der Waals surface area contributed by atoms with Gasteiger partial charge < -0.3 is 10.2 Å². The average molecular weight is 283 g/mol. The Balaban J connectivity index is 2.10. The van der Waals surface area contributed by atoms with Crippen LogP contribution < -0.4 is 5.32 Å². The van der Waals surface area contributed by atoms with Crippen LogP contribution in [0.3, 0.4) is 0 Å². The molecule has 0 spiro atoms. The lowest BCUT2D eigenvalue weighted by molar-refractivity contribution is -0.135. The Morgan fingerprint density at radius 2 is 2.33 bits per heavy atom. The molecule has 1 aromatic rings. The molecule has 1 aromatic carbocycles. The maximum atomic E-state index is 12.2. The highest BCUT2D eigenvalue weighted by atomic mass is 16.2. The van der Waals surface area contributed by atoms with Gasteiger partial charge in [0.15, 0.2) is 0 Å². The summed E-state index contributed by atoms with van der Waals surface area (Å²) in [6.45, 7) is 2.88. The Bertz CT molecular complexity index is 616. The molecule has 0 aromatic heterocycles. The van der Waals surface area contributed by atoms with Crippen molar-refractivity contribution in [2.45, 2.75) is 19.4 Å². The molecule has 1 heterocycles. The van der Waals surface area contributed by atoms with Gasteiger partial charge in [0, 0.05) is 19.2 Å². The normalized spacial score (nSPS) is 19.0. The van der Waals surface area contributed by atoms with Crippen molar-refractivity contribution in [1.29, 1.82) is 5.26 Å². The first kappa shape index (κ1) is 14.8. The zero-order valence-electron chi connectivity index (χ0n) is 11.9. The van der Waals surface area contributed by atoms with Crippen LogP contribution in [-0.2, 0) is 9.59 Å². The number of hydrogen-bond acceptors (Lipinski definition) is 3. The monoisotopic (exact) mass is 283 g/mol. The van der Waals surface area contributed by atoms with Crippen LogP contribution in [0.1, 0.15) is 24.5 Å². The van der Waals surface area contributed by atoms with E-state index < -0.39 is 6.04 Å². The minimum Gasteiger partial charge on any atom is -0.354 e. The number of amides is 2. The average Bonchev–Trinajstić information content (AvgIpc) is 2.67. The van der Waals surface area contributed by atoms with Gasteiger partial charge in [0.2, 0.25) is 11.8 Å². The van der Waals surface area contributed by atoms with Gasteiger partial charge in [-0.25, -0.2) is 0 Å². The minimum absolute atomic E-state index is 0.124. The summed E-state index contributed by atoms with van der Waals surface area (Å²) < 4.78 is 0. The van der Waals surface area contributed by atoms with Crippen molar-refractivity contribution in [3.05, 3.63) is 41.5 Å². The summed E-state index contributed by atoms with van der Waals surface area (Å²) in [5.74, 6) is -0.317. The lowest BCUT2D eigenvalue weighted by atomic mass is 10.1. The predicted molar refractivity (Wildman–Crippen MR) is 79.0 cm³/mol. The molecular weight excluding hydrogens is 266 g/mol. The lowest BCUT2D eigenvalue weighted by Gasteiger charge is -2.24. The number of nitriles is 1. The fourth-order valence-electron chi connectivity index (χ4n) is 2.22. The van der Waals surface area contributed by atoms with Gasteiger partial charge in [0.1, 0.15) is 6.04 Å². The highest BCUT2D eigenvalue weighted by Crippen LogP contribution is 2.09. The Hall–Kier alpha value is -2.61. The molecule has 0 bridgehead atoms. The third-order valence-corrected chi connectivity index (χ3v) is 3.44. The van der Waals surface area contributed by atoms with Crippen molar-refractivity contribution in [2.24, 2.45) is 0 Å². The van der Waals surface area contributed by atoms with E-state index in [2.05, 4.69) is 11.4 Å². The fraction of sp³-hybridized carbons (Fsp3) is 0.312. The van der Waals surface area contributed by atoms with Gasteiger partial charge in [0.25, 0.3) is 0 Å². The maximum Gasteiger partial charge on any atom is 0.247 e. The van der Waals surface area contributed by atoms with Crippen LogP contribution in [0.25, 0.3) is 6.08 Å². The third-order valence-electron chi connectivity index (χ3n) is 3.44. The molecule has 0 saturated carbocycles. The molecule has 2 rings (SSSR count). The second kappa shape index (κ2) is 6.71. The number of carbonyl (C=O) groups is 2. The van der Waals surface area contributed by atoms with Gasteiger partial charge >= 0.3 is 0 Å². The summed E-state index contributed by atoms with van der Waals surface area (Å²) in [6, 6.07) is 8.60. The number of nitrogens with zero attached hydrogens (tertiary/aromatic N) is 2. The highest BCUT2D eigenvalue weighted by Gasteiger charge is 2.26. The van der Waals surface area contributed by atoms with Crippen LogP contribution in [0, 0.1) is 11.3 Å². The van der Waals surface area contributed by atoms with E-state index in [1.165, 1.54) is 6.08 Å². The van der Waals surface area contributed by atoms with E-state index in [-0.39, 0.29) is 11.8 Å². The van der Waals surface area contributed by atoms with E-state index >= 15 is 0 Å². The summed E-state index contributed by atoms with van der Waals surface area (Å²) in [5.41, 5.74) is 1.33. The van der Waals surface area contributed by atoms with Crippen molar-refractivity contribution in [3.8, 4) is 6.07 Å². The van der Waals surface area contributed by atoms with Gasteiger partial charge in [0.05, 0.1) is 11.6 Å². The molecule has 1 fully saturated rings. The molecule has 0 aliphatic carbocycles. The van der Waals surface area contributed by atoms with Crippen LogP contribution >= 0.6 is 0 Å². The Kier molecular flexibility index (Phi) is 4.72. The van der Waals surface area contributed by atoms with Crippen LogP contribution in [0.4, 0.5) is 0 Å². The second-order valence-corrected chi connectivity index (χ2v) is 4.92. The molecule has 1 aliphatic rings. The van der Waals surface area contributed by atoms with E-state index in [0.29, 0.717) is 18.7 Å². The number of nitrogens with one attached hydrogen (secondary N) is 1. The van der Waals surface area contributed by atoms with Gasteiger partial charge in [-0.15, -0.1) is 0 Å². The van der Waals surface area contributed by atoms with Crippen molar-refractivity contribution < 1.29 is 9.59 Å². The number of benzene rings is 1. The molecule has 1 N–H and O–H groups in total. The summed E-state index contributed by atoms with van der Waals surface area (Å²) in [6.07, 6.45) is 3.86. The predicted octanol–water partition coefficient (Wildman–Crippen LogP) is 1.31. The number of rotatable bonds is 2. The van der Waals surface area contributed by atoms with Crippen molar-refractivity contribution in [2.75, 3.05) is 13.1 Å². The van der Waals surface area contributed by atoms with E-state index in [1.807, 2.05) is 6.07 Å². The molecule has 1 aliphatic heterocycles. The number of carbonyl (C=O) groups excluding carboxylic acids is 2. The Morgan fingerprint density at radius 1 is 1.52 bits per heavy atom. The second-order valence-electron chi connectivity index (χ2n) is 4.92. The van der Waals surface area contributed by atoms with Crippen LogP contribution in [-0.4, -0.2) is 35.8 Å². The zero-order chi connectivity index (χ0) is 15.2. The van der Waals surface area contributed by atoms with Gasteiger partial charge in [-0.2, -0.15) is 5.26 Å². The quantitative estimate of drug-likeness (QED) is 0.832. The third kappa shape index (κ3) is 3.69. The first-order chi connectivity index (χ1) is 10.1. The maximum absolute atomic E-state index is 12.2. The largest absolute Gasteiger partial charge is 0.354 e. The molecule has 5 heteroatoms. The standard InChI is InChI=1S/C16H17N3O2/c1-12-16(21)18-8-3-9-19(12)15(20)7-6-13-4-2-5-14(10-13)11-17/h2,4-7,10,12H,3,8-9H2,1H3,(H,18,21)/b7-6+. The SMILES string of the molecule is CC1C(=O)NCCCN1C(=O)/C=C/c1cccc(C#N)c1. The summed E-state index contributed by atoms with van der Waals surface area (Å²) in [4.78, 5) is 25.5. The molecule has 1 saturated heterocycles. The summed E-state index contributed by atoms with van der Waals surface area (Å²) in [7, 11) is 0. The molecule has 5 nitrogen and oxygen atoms in total. The Labute approximate surface area is 123 Å². The van der Waals surface area contributed by atoms with Crippen LogP contribution in [0.5, 0.6) is 0 Å². The molecule has 1 unspecified atom stereocenters. The van der Waals surface area contributed by atoms with E-state index in [0.717, 1.165) is 12.0 Å². The van der Waals surface area contributed by atoms with Crippen LogP contribution in [0.2, 0.25) is 0 Å². The van der Waals surface area contributed by atoms with Gasteiger partial charge in [-0.05, 0) is 37.1 Å². The van der Waals surface area contributed by atoms with Gasteiger partial charge in [-0.3, -0.25) is 9.59 Å². The molecule has 108 valence electrons. The zero-order valence-corrected chi connectivity index (χ0v) is 11.9. The van der Waals surface area contributed by atoms with E-state index in [1.54, 1.807) is 36.1 Å². The van der Waals surface area contributed by atoms with E-state index in [9.17, 15) is 9.59 Å². The molecule has 21 heavy (non-hydrogen) atoms. The lowest BCUT2D eigenvalue weighted by Crippen LogP contribution is -2.44. The first-order valence-corrected chi connectivity index (χ1v) is 6.88. The molecular formula is C16H17N3O2. The summed E-state index contributed by atoms with van der Waals surface area (Å²) >= 11 is 0. The molecule has 0 radical (unpaired) electrons. The smallest absolute Gasteiger partial charge is 0.247 e. The molecule has 2 amide bonds. The van der Waals surface area contributed by atoms with Crippen molar-refractivity contribution in [1.82, 2.24) is 10.2 Å². The topological polar surface area (TPSA) is 73.2 Å². The number of hydrogen-bond donors (Lipinski definition) is 1. The van der Waals surface area contributed by atoms with Crippen molar-refractivity contribution >= 4 is 17.9 Å². The Morgan fingerprint density at radius 3 is 3.10 bits per heavy atom. The highest BCUT2D eigenvalue weighted by molar-refractivity contribution is 5.95. The van der Waals surface area contributed by atoms with Gasteiger partial charge in [-0.1, -0.05) is 12.1 Å². The van der Waals surface area contributed by atoms with Crippen LogP contribution in [0.15, 0.2) is 30.3 Å². The fourth-order valence-corrected chi connectivity index (χ4v) is 2.22. The first-order valence-electron chi connectivity index (χ1n) is 6.88. The van der Waals surface area contributed by atoms with E-state index in [4.69, 9.17) is 5.26 Å². The minimum atomic E-state index is -0.463.